The van der Waals surface area contributed by atoms with Gasteiger partial charge in [0.15, 0.2) is 23.9 Å². The van der Waals surface area contributed by atoms with Crippen molar-refractivity contribution < 1.29 is 27.4 Å². The average molecular weight is 665 g/mol. The van der Waals surface area contributed by atoms with Crippen molar-refractivity contribution in [2.24, 2.45) is 5.10 Å². The minimum atomic E-state index is -4.59. The molecule has 44 heavy (non-hydrogen) atoms. The molecule has 5 rings (SSSR count). The zero-order valence-electron chi connectivity index (χ0n) is 23.4. The van der Waals surface area contributed by atoms with Crippen molar-refractivity contribution in [1.82, 2.24) is 9.66 Å². The molecule has 1 N–H and O–H groups in total. The van der Waals surface area contributed by atoms with Gasteiger partial charge in [-0.25, -0.2) is 4.98 Å². The number of aromatic nitrogens is 2. The van der Waals surface area contributed by atoms with Gasteiger partial charge in [0, 0.05) is 21.3 Å². The van der Waals surface area contributed by atoms with Crippen LogP contribution < -0.4 is 20.3 Å². The van der Waals surface area contributed by atoms with Crippen molar-refractivity contribution in [3.63, 3.8) is 0 Å². The zero-order valence-corrected chi connectivity index (χ0v) is 24.9. The summed E-state index contributed by atoms with van der Waals surface area (Å²) in [5.41, 5.74) is 1.06. The topological polar surface area (TPSA) is 94.8 Å². The second-order valence-electron chi connectivity index (χ2n) is 9.62. The molecule has 5 aromatic rings. The number of alkyl halides is 3. The van der Waals surface area contributed by atoms with Gasteiger partial charge in [0.25, 0.3) is 11.5 Å². The normalized spacial score (nSPS) is 11.6. The molecule has 0 atom stereocenters. The molecule has 0 bridgehead atoms. The quantitative estimate of drug-likeness (QED) is 0.179. The third-order valence-electron chi connectivity index (χ3n) is 6.49. The summed E-state index contributed by atoms with van der Waals surface area (Å²) < 4.78 is 53.0. The van der Waals surface area contributed by atoms with Gasteiger partial charge in [-0.1, -0.05) is 42.0 Å². The number of anilines is 1. The third-order valence-corrected chi connectivity index (χ3v) is 7.18. The number of amides is 1. The maximum Gasteiger partial charge on any atom is 0.416 e. The van der Waals surface area contributed by atoms with Crippen LogP contribution in [0.5, 0.6) is 11.5 Å². The highest BCUT2D eigenvalue weighted by atomic mass is 79.9. The van der Waals surface area contributed by atoms with Crippen LogP contribution in [0.3, 0.4) is 0 Å². The molecular weight excluding hydrogens is 641 g/mol. The fourth-order valence-electron chi connectivity index (χ4n) is 4.27. The van der Waals surface area contributed by atoms with E-state index in [4.69, 9.17) is 9.47 Å². The molecule has 8 nitrogen and oxygen atoms in total. The molecule has 0 spiro atoms. The van der Waals surface area contributed by atoms with Crippen LogP contribution in [0.1, 0.15) is 16.7 Å². The van der Waals surface area contributed by atoms with Crippen LogP contribution >= 0.6 is 15.9 Å². The van der Waals surface area contributed by atoms with Gasteiger partial charge < -0.3 is 14.8 Å². The molecular formula is C32H24BrF3N4O4. The van der Waals surface area contributed by atoms with E-state index in [-0.39, 0.29) is 40.8 Å². The summed E-state index contributed by atoms with van der Waals surface area (Å²) in [7, 11) is 1.42. The van der Waals surface area contributed by atoms with Crippen molar-refractivity contribution in [3.05, 3.63) is 116 Å². The number of para-hydroxylation sites is 1. The number of hydrogen-bond acceptors (Lipinski definition) is 6. The molecule has 1 heterocycles. The number of carbonyl (C=O) groups excluding carboxylic acids is 1. The number of ether oxygens (including phenoxy) is 2. The molecule has 0 radical (unpaired) electrons. The smallest absolute Gasteiger partial charge is 0.416 e. The summed E-state index contributed by atoms with van der Waals surface area (Å²) in [5, 5.41) is 7.32. The molecule has 1 aromatic heterocycles. The summed E-state index contributed by atoms with van der Waals surface area (Å²) in [6.07, 6.45) is -3.25. The Bertz CT molecular complexity index is 1940. The van der Waals surface area contributed by atoms with E-state index in [0.717, 1.165) is 22.4 Å². The Morgan fingerprint density at radius 3 is 2.50 bits per heavy atom. The Labute approximate surface area is 257 Å². The molecule has 4 aromatic carbocycles. The number of nitrogens with zero attached hydrogens (tertiary/aromatic N) is 3. The van der Waals surface area contributed by atoms with E-state index < -0.39 is 17.3 Å². The minimum Gasteiger partial charge on any atom is -0.493 e. The van der Waals surface area contributed by atoms with Crippen LogP contribution in [0.15, 0.2) is 99.3 Å². The number of halogens is 4. The van der Waals surface area contributed by atoms with Gasteiger partial charge in [-0.3, -0.25) is 9.59 Å². The first kappa shape index (κ1) is 30.5. The maximum absolute atomic E-state index is 13.5. The SMILES string of the molecule is COc1cc(C=Nn2c(-c3cccc(C(F)(F)F)c3)nc3ccccc3c2=O)c(Br)cc1OCC(=O)Nc1ccc(C)cc1. The molecule has 224 valence electrons. The first-order chi connectivity index (χ1) is 21.0. The molecule has 0 fully saturated rings. The van der Waals surface area contributed by atoms with E-state index in [1.54, 1.807) is 48.5 Å². The van der Waals surface area contributed by atoms with Crippen LogP contribution in [0.4, 0.5) is 18.9 Å². The summed E-state index contributed by atoms with van der Waals surface area (Å²) >= 11 is 3.45. The van der Waals surface area contributed by atoms with Crippen LogP contribution in [0.2, 0.25) is 0 Å². The number of fused-ring (bicyclic) bond motifs is 1. The molecule has 12 heteroatoms. The van der Waals surface area contributed by atoms with E-state index in [9.17, 15) is 22.8 Å². The highest BCUT2D eigenvalue weighted by Crippen LogP contribution is 2.34. The molecule has 0 unspecified atom stereocenters. The first-order valence-electron chi connectivity index (χ1n) is 13.1. The first-order valence-corrected chi connectivity index (χ1v) is 13.9. The summed E-state index contributed by atoms with van der Waals surface area (Å²) in [5.74, 6) is 0.103. The summed E-state index contributed by atoms with van der Waals surface area (Å²) in [6.45, 7) is 1.65. The van der Waals surface area contributed by atoms with Crippen molar-refractivity contribution in [2.75, 3.05) is 19.0 Å². The number of aryl methyl sites for hydroxylation is 1. The Morgan fingerprint density at radius 1 is 1.02 bits per heavy atom. The van der Waals surface area contributed by atoms with E-state index >= 15 is 0 Å². The van der Waals surface area contributed by atoms with Crippen molar-refractivity contribution in [2.45, 2.75) is 13.1 Å². The number of hydrogen-bond donors (Lipinski definition) is 1. The summed E-state index contributed by atoms with van der Waals surface area (Å²) in [4.78, 5) is 30.4. The van der Waals surface area contributed by atoms with Gasteiger partial charge in [0.2, 0.25) is 0 Å². The fourth-order valence-corrected chi connectivity index (χ4v) is 4.70. The lowest BCUT2D eigenvalue weighted by molar-refractivity contribution is -0.137. The third kappa shape index (κ3) is 6.81. The number of carbonyl (C=O) groups is 1. The van der Waals surface area contributed by atoms with Crippen LogP contribution in [-0.4, -0.2) is 35.5 Å². The second-order valence-corrected chi connectivity index (χ2v) is 10.5. The Balaban J connectivity index is 1.46. The monoisotopic (exact) mass is 664 g/mol. The Hall–Kier alpha value is -4.97. The van der Waals surface area contributed by atoms with Crippen LogP contribution in [0, 0.1) is 6.92 Å². The van der Waals surface area contributed by atoms with Crippen LogP contribution in [-0.2, 0) is 11.0 Å². The predicted molar refractivity (Wildman–Crippen MR) is 165 cm³/mol. The molecule has 0 aliphatic rings. The lowest BCUT2D eigenvalue weighted by atomic mass is 10.1. The molecule has 0 saturated carbocycles. The van der Waals surface area contributed by atoms with Gasteiger partial charge in [-0.15, -0.1) is 0 Å². The fraction of sp³-hybridized carbons (Fsp3) is 0.125. The maximum atomic E-state index is 13.5. The average Bonchev–Trinajstić information content (AvgIpc) is 3.01. The van der Waals surface area contributed by atoms with Crippen molar-refractivity contribution >= 4 is 44.6 Å². The number of benzene rings is 4. The van der Waals surface area contributed by atoms with Crippen LogP contribution in [0.25, 0.3) is 22.3 Å². The molecule has 0 aliphatic carbocycles. The number of nitrogens with one attached hydrogen (secondary N) is 1. The van der Waals surface area contributed by atoms with Crippen molar-refractivity contribution in [3.8, 4) is 22.9 Å². The van der Waals surface area contributed by atoms with Gasteiger partial charge in [0.05, 0.1) is 29.8 Å². The van der Waals surface area contributed by atoms with Gasteiger partial charge in [-0.05, 0) is 71.4 Å². The molecule has 0 saturated heterocycles. The second kappa shape index (κ2) is 12.7. The minimum absolute atomic E-state index is 0.0594. The number of rotatable bonds is 8. The van der Waals surface area contributed by atoms with E-state index in [2.05, 4.69) is 31.3 Å². The zero-order chi connectivity index (χ0) is 31.4. The van der Waals surface area contributed by atoms with Gasteiger partial charge in [0.1, 0.15) is 0 Å². The Morgan fingerprint density at radius 2 is 1.77 bits per heavy atom. The predicted octanol–water partition coefficient (Wildman–Crippen LogP) is 7.06. The van der Waals surface area contributed by atoms with E-state index in [1.165, 1.54) is 25.5 Å². The van der Waals surface area contributed by atoms with Crippen molar-refractivity contribution in [1.29, 1.82) is 0 Å². The van der Waals surface area contributed by atoms with E-state index in [1.807, 2.05) is 19.1 Å². The lowest BCUT2D eigenvalue weighted by Crippen LogP contribution is -2.21. The number of methoxy groups -OCH3 is 1. The molecule has 0 aliphatic heterocycles. The highest BCUT2D eigenvalue weighted by molar-refractivity contribution is 9.10. The molecule has 1 amide bonds. The largest absolute Gasteiger partial charge is 0.493 e. The van der Waals surface area contributed by atoms with Gasteiger partial charge >= 0.3 is 6.18 Å². The Kier molecular flexibility index (Phi) is 8.81. The highest BCUT2D eigenvalue weighted by Gasteiger charge is 2.31. The van der Waals surface area contributed by atoms with E-state index in [0.29, 0.717) is 21.2 Å². The van der Waals surface area contributed by atoms with Gasteiger partial charge in [-0.2, -0.15) is 22.9 Å². The summed E-state index contributed by atoms with van der Waals surface area (Å²) in [6, 6.07) is 21.5. The standard InChI is InChI=1S/C32H24BrF3N4O4/c1-19-10-12-23(13-11-19)38-29(41)18-44-28-16-25(33)21(15-27(28)43-2)17-37-40-30(20-6-5-7-22(14-20)32(34,35)36)39-26-9-4-3-8-24(26)31(40)42/h3-17H,18H2,1-2H3,(H,38,41). The lowest BCUT2D eigenvalue weighted by Gasteiger charge is -2.13.